The topological polar surface area (TPSA) is 50.2 Å². The van der Waals surface area contributed by atoms with Crippen LogP contribution in [0.1, 0.15) is 23.3 Å². The smallest absolute Gasteiger partial charge is 0.274 e. The largest absolute Gasteiger partial charge is 0.333 e. The number of carbonyl (C=O) groups is 1. The van der Waals surface area contributed by atoms with E-state index < -0.39 is 0 Å². The first-order valence-electron chi connectivity index (χ1n) is 7.47. The zero-order valence-electron chi connectivity index (χ0n) is 12.5. The molecule has 0 saturated carbocycles. The van der Waals surface area contributed by atoms with Crippen LogP contribution < -0.4 is 5.32 Å². The van der Waals surface area contributed by atoms with E-state index in [4.69, 9.17) is 0 Å². The van der Waals surface area contributed by atoms with Crippen molar-refractivity contribution < 1.29 is 9.18 Å². The summed E-state index contributed by atoms with van der Waals surface area (Å²) in [6, 6.07) is 8.23. The molecule has 6 heteroatoms. The first kappa shape index (κ1) is 14.7. The highest BCUT2D eigenvalue weighted by molar-refractivity contribution is 5.92. The summed E-state index contributed by atoms with van der Waals surface area (Å²) < 4.78 is 15.2. The second-order valence-corrected chi connectivity index (χ2v) is 5.45. The summed E-state index contributed by atoms with van der Waals surface area (Å²) in [6.07, 6.45) is 3.63. The van der Waals surface area contributed by atoms with Crippen molar-refractivity contribution in [3.8, 4) is 5.69 Å². The van der Waals surface area contributed by atoms with E-state index in [0.29, 0.717) is 11.4 Å². The van der Waals surface area contributed by atoms with E-state index in [1.807, 2.05) is 11.9 Å². The number of likely N-dealkylation sites (N-methyl/N-ethyl adjacent to an activating group) is 1. The summed E-state index contributed by atoms with van der Waals surface area (Å²) >= 11 is 0. The molecule has 1 aromatic carbocycles. The highest BCUT2D eigenvalue weighted by atomic mass is 19.1. The third-order valence-electron chi connectivity index (χ3n) is 3.99. The molecule has 3 rings (SSSR count). The summed E-state index contributed by atoms with van der Waals surface area (Å²) in [4.78, 5) is 14.4. The van der Waals surface area contributed by atoms with E-state index >= 15 is 0 Å². The molecule has 0 radical (unpaired) electrons. The maximum atomic E-state index is 13.8. The van der Waals surface area contributed by atoms with Crippen LogP contribution in [0.5, 0.6) is 0 Å². The molecule has 1 aliphatic heterocycles. The monoisotopic (exact) mass is 302 g/mol. The van der Waals surface area contributed by atoms with Crippen LogP contribution >= 0.6 is 0 Å². The SMILES string of the molecule is CNC[C@H]1CCCN1C(=O)c1ccn(-c2ccccc2F)n1. The molecule has 22 heavy (non-hydrogen) atoms. The Kier molecular flexibility index (Phi) is 4.20. The number of nitrogens with one attached hydrogen (secondary N) is 1. The lowest BCUT2D eigenvalue weighted by atomic mass is 10.2. The van der Waals surface area contributed by atoms with Gasteiger partial charge < -0.3 is 10.2 Å². The van der Waals surface area contributed by atoms with Crippen molar-refractivity contribution >= 4 is 5.91 Å². The number of rotatable bonds is 4. The summed E-state index contributed by atoms with van der Waals surface area (Å²) in [5.41, 5.74) is 0.695. The maximum absolute atomic E-state index is 13.8. The summed E-state index contributed by atoms with van der Waals surface area (Å²) in [5, 5.41) is 7.36. The Morgan fingerprint density at radius 3 is 3.00 bits per heavy atom. The van der Waals surface area contributed by atoms with Gasteiger partial charge in [0.2, 0.25) is 0 Å². The highest BCUT2D eigenvalue weighted by Crippen LogP contribution is 2.20. The lowest BCUT2D eigenvalue weighted by Gasteiger charge is -2.23. The minimum Gasteiger partial charge on any atom is -0.333 e. The second-order valence-electron chi connectivity index (χ2n) is 5.45. The fourth-order valence-electron chi connectivity index (χ4n) is 2.91. The fourth-order valence-corrected chi connectivity index (χ4v) is 2.91. The van der Waals surface area contributed by atoms with Gasteiger partial charge in [0.25, 0.3) is 5.91 Å². The maximum Gasteiger partial charge on any atom is 0.274 e. The highest BCUT2D eigenvalue weighted by Gasteiger charge is 2.30. The summed E-state index contributed by atoms with van der Waals surface area (Å²) in [7, 11) is 1.88. The molecule has 1 aromatic heterocycles. The molecule has 2 heterocycles. The molecule has 1 aliphatic rings. The normalized spacial score (nSPS) is 17.9. The Labute approximate surface area is 128 Å². The van der Waals surface area contributed by atoms with Gasteiger partial charge >= 0.3 is 0 Å². The van der Waals surface area contributed by atoms with Crippen molar-refractivity contribution in [2.45, 2.75) is 18.9 Å². The standard InChI is InChI=1S/C16H19FN4O/c1-18-11-12-5-4-9-20(12)16(22)14-8-10-21(19-14)15-7-3-2-6-13(15)17/h2-3,6-8,10,12,18H,4-5,9,11H2,1H3/t12-/m1/s1. The molecular weight excluding hydrogens is 283 g/mol. The average Bonchev–Trinajstić information content (AvgIpc) is 3.17. The number of nitrogens with zero attached hydrogens (tertiary/aromatic N) is 3. The van der Waals surface area contributed by atoms with E-state index in [1.54, 1.807) is 30.5 Å². The van der Waals surface area contributed by atoms with E-state index in [1.165, 1.54) is 10.7 Å². The Morgan fingerprint density at radius 2 is 2.23 bits per heavy atom. The van der Waals surface area contributed by atoms with Crippen molar-refractivity contribution in [1.82, 2.24) is 20.0 Å². The van der Waals surface area contributed by atoms with Gasteiger partial charge in [-0.05, 0) is 38.1 Å². The quantitative estimate of drug-likeness (QED) is 0.937. The Bertz CT molecular complexity index is 670. The molecule has 1 fully saturated rings. The van der Waals surface area contributed by atoms with Gasteiger partial charge in [-0.25, -0.2) is 9.07 Å². The van der Waals surface area contributed by atoms with Crippen molar-refractivity contribution in [2.24, 2.45) is 0 Å². The number of amides is 1. The third-order valence-corrected chi connectivity index (χ3v) is 3.99. The summed E-state index contributed by atoms with van der Waals surface area (Å²) in [5.74, 6) is -0.452. The molecule has 0 bridgehead atoms. The molecule has 2 aromatic rings. The first-order chi connectivity index (χ1) is 10.7. The number of benzene rings is 1. The van der Waals surface area contributed by atoms with E-state index in [9.17, 15) is 9.18 Å². The van der Waals surface area contributed by atoms with Crippen LogP contribution in [0.15, 0.2) is 36.5 Å². The zero-order valence-corrected chi connectivity index (χ0v) is 12.5. The summed E-state index contributed by atoms with van der Waals surface area (Å²) in [6.45, 7) is 1.53. The molecule has 5 nitrogen and oxygen atoms in total. The molecule has 1 saturated heterocycles. The van der Waals surface area contributed by atoms with Gasteiger partial charge in [-0.15, -0.1) is 0 Å². The molecule has 0 unspecified atom stereocenters. The number of para-hydroxylation sites is 1. The molecular formula is C16H19FN4O. The number of hydrogen-bond donors (Lipinski definition) is 1. The van der Waals surface area contributed by atoms with Crippen LogP contribution in [0.3, 0.4) is 0 Å². The minimum absolute atomic E-state index is 0.0900. The van der Waals surface area contributed by atoms with E-state index in [2.05, 4.69) is 10.4 Å². The number of likely N-dealkylation sites (tertiary alicyclic amines) is 1. The fraction of sp³-hybridized carbons (Fsp3) is 0.375. The zero-order chi connectivity index (χ0) is 15.5. The molecule has 1 N–H and O–H groups in total. The average molecular weight is 302 g/mol. The van der Waals surface area contributed by atoms with Gasteiger partial charge in [-0.3, -0.25) is 4.79 Å². The number of carbonyl (C=O) groups excluding carboxylic acids is 1. The van der Waals surface area contributed by atoms with Crippen molar-refractivity contribution in [1.29, 1.82) is 0 Å². The molecule has 1 atom stereocenters. The predicted octanol–water partition coefficient (Wildman–Crippen LogP) is 1.84. The Morgan fingerprint density at radius 1 is 1.41 bits per heavy atom. The third kappa shape index (κ3) is 2.74. The van der Waals surface area contributed by atoms with Crippen LogP contribution in [-0.2, 0) is 0 Å². The molecule has 0 spiro atoms. The lowest BCUT2D eigenvalue weighted by molar-refractivity contribution is 0.0730. The van der Waals surface area contributed by atoms with Crippen LogP contribution in [-0.4, -0.2) is 46.8 Å². The van der Waals surface area contributed by atoms with Crippen molar-refractivity contribution in [3.05, 3.63) is 48.0 Å². The minimum atomic E-state index is -0.362. The number of aromatic nitrogens is 2. The van der Waals surface area contributed by atoms with Gasteiger partial charge in [0, 0.05) is 25.3 Å². The number of halogens is 1. The predicted molar refractivity (Wildman–Crippen MR) is 81.5 cm³/mol. The molecule has 116 valence electrons. The van der Waals surface area contributed by atoms with E-state index in [0.717, 1.165) is 25.9 Å². The second kappa shape index (κ2) is 6.27. The Balaban J connectivity index is 1.82. The van der Waals surface area contributed by atoms with Crippen LogP contribution in [0.25, 0.3) is 5.69 Å². The van der Waals surface area contributed by atoms with Crippen molar-refractivity contribution in [3.63, 3.8) is 0 Å². The van der Waals surface area contributed by atoms with Gasteiger partial charge in [0.1, 0.15) is 11.5 Å². The number of hydrogen-bond acceptors (Lipinski definition) is 3. The van der Waals surface area contributed by atoms with Gasteiger partial charge in [-0.2, -0.15) is 5.10 Å². The van der Waals surface area contributed by atoms with Crippen LogP contribution in [0, 0.1) is 5.82 Å². The lowest BCUT2D eigenvalue weighted by Crippen LogP contribution is -2.41. The molecule has 0 aliphatic carbocycles. The van der Waals surface area contributed by atoms with Gasteiger partial charge in [0.05, 0.1) is 0 Å². The van der Waals surface area contributed by atoms with Crippen LogP contribution in [0.2, 0.25) is 0 Å². The van der Waals surface area contributed by atoms with Gasteiger partial charge in [-0.1, -0.05) is 12.1 Å². The molecule has 1 amide bonds. The van der Waals surface area contributed by atoms with E-state index in [-0.39, 0.29) is 17.8 Å². The van der Waals surface area contributed by atoms with Crippen molar-refractivity contribution in [2.75, 3.05) is 20.1 Å². The van der Waals surface area contributed by atoms with Gasteiger partial charge in [0.15, 0.2) is 5.69 Å². The Hall–Kier alpha value is -2.21. The van der Waals surface area contributed by atoms with Crippen LogP contribution in [0.4, 0.5) is 4.39 Å². The first-order valence-corrected chi connectivity index (χ1v) is 7.47.